The maximum atomic E-state index is 13.0. The zero-order valence-corrected chi connectivity index (χ0v) is 16.0. The summed E-state index contributed by atoms with van der Waals surface area (Å²) in [6.07, 6.45) is 3.96. The molecule has 0 spiro atoms. The highest BCUT2D eigenvalue weighted by molar-refractivity contribution is 6.17. The Morgan fingerprint density at radius 1 is 1.00 bits per heavy atom. The smallest absolute Gasteiger partial charge is 0.339 e. The lowest BCUT2D eigenvalue weighted by atomic mass is 9.96. The predicted octanol–water partition coefficient (Wildman–Crippen LogP) is 4.79. The quantitative estimate of drug-likeness (QED) is 0.272. The molecule has 0 saturated carbocycles. The van der Waals surface area contributed by atoms with Gasteiger partial charge in [0.1, 0.15) is 0 Å². The van der Waals surface area contributed by atoms with Crippen molar-refractivity contribution in [2.24, 2.45) is 0 Å². The van der Waals surface area contributed by atoms with Crippen molar-refractivity contribution in [3.05, 3.63) is 59.2 Å². The van der Waals surface area contributed by atoms with Gasteiger partial charge in [0.05, 0.1) is 23.4 Å². The monoisotopic (exact) mass is 369 g/mol. The van der Waals surface area contributed by atoms with E-state index in [2.05, 4.69) is 12.2 Å². The molecule has 144 valence electrons. The van der Waals surface area contributed by atoms with Crippen molar-refractivity contribution in [1.29, 1.82) is 0 Å². The Hall–Kier alpha value is -2.82. The van der Waals surface area contributed by atoms with Crippen molar-refractivity contribution in [2.75, 3.05) is 18.5 Å². The number of ketones is 1. The largest absolute Gasteiger partial charge is 0.505 e. The summed E-state index contributed by atoms with van der Waals surface area (Å²) in [5, 5.41) is 13.6. The molecule has 0 aliphatic carbocycles. The second kappa shape index (κ2) is 10.4. The third-order valence-electron chi connectivity index (χ3n) is 4.26. The summed E-state index contributed by atoms with van der Waals surface area (Å²) in [6.45, 7) is 4.88. The van der Waals surface area contributed by atoms with E-state index in [-0.39, 0.29) is 16.9 Å². The van der Waals surface area contributed by atoms with Gasteiger partial charge in [0.15, 0.2) is 11.5 Å². The van der Waals surface area contributed by atoms with Gasteiger partial charge < -0.3 is 15.2 Å². The fraction of sp³-hybridized carbons (Fsp3) is 0.364. The van der Waals surface area contributed by atoms with Gasteiger partial charge in [0.2, 0.25) is 0 Å². The number of carbonyl (C=O) groups excluding carboxylic acids is 2. The van der Waals surface area contributed by atoms with E-state index < -0.39 is 11.8 Å². The molecule has 0 unspecified atom stereocenters. The fourth-order valence-corrected chi connectivity index (χ4v) is 2.83. The summed E-state index contributed by atoms with van der Waals surface area (Å²) in [6, 6.07) is 11.7. The molecule has 27 heavy (non-hydrogen) atoms. The SMILES string of the molecule is CCCCCCOC(=O)c1ccc(NCC)c(O)c1C(=O)c1ccccc1. The van der Waals surface area contributed by atoms with Gasteiger partial charge in [-0.25, -0.2) is 4.79 Å². The van der Waals surface area contributed by atoms with Crippen molar-refractivity contribution in [2.45, 2.75) is 39.5 Å². The Morgan fingerprint density at radius 3 is 2.41 bits per heavy atom. The molecule has 0 aromatic heterocycles. The molecule has 0 saturated heterocycles. The molecule has 0 radical (unpaired) electrons. The highest BCUT2D eigenvalue weighted by Crippen LogP contribution is 2.33. The lowest BCUT2D eigenvalue weighted by Gasteiger charge is -2.14. The Balaban J connectivity index is 2.32. The van der Waals surface area contributed by atoms with Crippen LogP contribution in [0.2, 0.25) is 0 Å². The lowest BCUT2D eigenvalue weighted by molar-refractivity contribution is 0.0494. The zero-order chi connectivity index (χ0) is 19.6. The minimum atomic E-state index is -0.593. The standard InChI is InChI=1S/C22H27NO4/c1-3-5-6-10-15-27-22(26)17-13-14-18(23-4-2)21(25)19(17)20(24)16-11-8-7-9-12-16/h7-9,11-14,23,25H,3-6,10,15H2,1-2H3. The van der Waals surface area contributed by atoms with E-state index in [1.807, 2.05) is 6.92 Å². The second-order valence-electron chi connectivity index (χ2n) is 6.31. The van der Waals surface area contributed by atoms with Crippen LogP contribution in [0.5, 0.6) is 5.75 Å². The average Bonchev–Trinajstić information content (AvgIpc) is 2.69. The number of unbranched alkanes of at least 4 members (excludes halogenated alkanes) is 3. The van der Waals surface area contributed by atoms with Crippen LogP contribution in [-0.4, -0.2) is 30.0 Å². The van der Waals surface area contributed by atoms with Crippen molar-refractivity contribution in [3.63, 3.8) is 0 Å². The van der Waals surface area contributed by atoms with Gasteiger partial charge in [-0.3, -0.25) is 4.79 Å². The zero-order valence-electron chi connectivity index (χ0n) is 16.0. The lowest BCUT2D eigenvalue weighted by Crippen LogP contribution is -2.14. The molecule has 0 aliphatic heterocycles. The number of phenolic OH excluding ortho intramolecular Hbond substituents is 1. The molecule has 2 aromatic rings. The molecule has 2 N–H and O–H groups in total. The van der Waals surface area contributed by atoms with E-state index in [4.69, 9.17) is 4.74 Å². The van der Waals surface area contributed by atoms with Gasteiger partial charge in [-0.05, 0) is 25.5 Å². The summed E-state index contributed by atoms with van der Waals surface area (Å²) in [7, 11) is 0. The van der Waals surface area contributed by atoms with Crippen LogP contribution < -0.4 is 5.32 Å². The molecule has 0 heterocycles. The molecule has 5 nitrogen and oxygen atoms in total. The number of ether oxygens (including phenoxy) is 1. The maximum Gasteiger partial charge on any atom is 0.339 e. The molecule has 2 aromatic carbocycles. The number of benzene rings is 2. The summed E-state index contributed by atoms with van der Waals surface area (Å²) in [5.41, 5.74) is 0.867. The van der Waals surface area contributed by atoms with Crippen LogP contribution in [-0.2, 0) is 4.74 Å². The summed E-state index contributed by atoms with van der Waals surface area (Å²) in [5.74, 6) is -1.24. The summed E-state index contributed by atoms with van der Waals surface area (Å²) < 4.78 is 5.33. The van der Waals surface area contributed by atoms with Gasteiger partial charge >= 0.3 is 5.97 Å². The van der Waals surface area contributed by atoms with Gasteiger partial charge in [0, 0.05) is 12.1 Å². The number of phenols is 1. The second-order valence-corrected chi connectivity index (χ2v) is 6.31. The van der Waals surface area contributed by atoms with Crippen molar-refractivity contribution in [1.82, 2.24) is 0 Å². The molecule has 0 amide bonds. The number of hydrogen-bond donors (Lipinski definition) is 2. The Morgan fingerprint density at radius 2 is 1.74 bits per heavy atom. The van der Waals surface area contributed by atoms with E-state index in [9.17, 15) is 14.7 Å². The Kier molecular flexibility index (Phi) is 7.86. The Bertz CT molecular complexity index is 771. The number of carbonyl (C=O) groups is 2. The average molecular weight is 369 g/mol. The number of hydrogen-bond acceptors (Lipinski definition) is 5. The number of nitrogens with one attached hydrogen (secondary N) is 1. The molecule has 0 atom stereocenters. The van der Waals surface area contributed by atoms with Crippen molar-refractivity contribution in [3.8, 4) is 5.75 Å². The predicted molar refractivity (Wildman–Crippen MR) is 107 cm³/mol. The van der Waals surface area contributed by atoms with E-state index in [0.29, 0.717) is 24.4 Å². The van der Waals surface area contributed by atoms with Crippen LogP contribution >= 0.6 is 0 Å². The van der Waals surface area contributed by atoms with Gasteiger partial charge in [-0.2, -0.15) is 0 Å². The third kappa shape index (κ3) is 5.33. The highest BCUT2D eigenvalue weighted by Gasteiger charge is 2.25. The number of aromatic hydroxyl groups is 1. The maximum absolute atomic E-state index is 13.0. The number of esters is 1. The summed E-state index contributed by atoms with van der Waals surface area (Å²) >= 11 is 0. The first-order chi connectivity index (χ1) is 13.1. The molecule has 0 fully saturated rings. The topological polar surface area (TPSA) is 75.6 Å². The minimum absolute atomic E-state index is 0.0294. The highest BCUT2D eigenvalue weighted by atomic mass is 16.5. The van der Waals surface area contributed by atoms with E-state index in [1.165, 1.54) is 6.07 Å². The molecule has 2 rings (SSSR count). The summed E-state index contributed by atoms with van der Waals surface area (Å²) in [4.78, 5) is 25.5. The van der Waals surface area contributed by atoms with Crippen LogP contribution in [0.1, 0.15) is 65.8 Å². The van der Waals surface area contributed by atoms with Crippen LogP contribution in [0.15, 0.2) is 42.5 Å². The molecular formula is C22H27NO4. The van der Waals surface area contributed by atoms with Crippen molar-refractivity contribution < 1.29 is 19.4 Å². The van der Waals surface area contributed by atoms with Crippen LogP contribution in [0.25, 0.3) is 0 Å². The first kappa shape index (κ1) is 20.5. The fourth-order valence-electron chi connectivity index (χ4n) is 2.83. The van der Waals surface area contributed by atoms with Gasteiger partial charge in [-0.15, -0.1) is 0 Å². The third-order valence-corrected chi connectivity index (χ3v) is 4.26. The number of anilines is 1. The first-order valence-electron chi connectivity index (χ1n) is 9.46. The van der Waals surface area contributed by atoms with Crippen LogP contribution in [0.3, 0.4) is 0 Å². The van der Waals surface area contributed by atoms with Crippen molar-refractivity contribution >= 4 is 17.4 Å². The molecule has 0 bridgehead atoms. The van der Waals surface area contributed by atoms with E-state index >= 15 is 0 Å². The van der Waals surface area contributed by atoms with Gasteiger partial charge in [0.25, 0.3) is 0 Å². The minimum Gasteiger partial charge on any atom is -0.505 e. The first-order valence-corrected chi connectivity index (χ1v) is 9.46. The molecular weight excluding hydrogens is 342 g/mol. The normalized spacial score (nSPS) is 10.4. The van der Waals surface area contributed by atoms with E-state index in [1.54, 1.807) is 36.4 Å². The van der Waals surface area contributed by atoms with Crippen LogP contribution in [0, 0.1) is 0 Å². The Labute approximate surface area is 160 Å². The number of rotatable bonds is 10. The van der Waals surface area contributed by atoms with E-state index in [0.717, 1.165) is 25.7 Å². The molecule has 5 heteroatoms. The van der Waals surface area contributed by atoms with Gasteiger partial charge in [-0.1, -0.05) is 56.5 Å². The molecule has 0 aliphatic rings. The van der Waals surface area contributed by atoms with Crippen LogP contribution in [0.4, 0.5) is 5.69 Å².